The fourth-order valence-electron chi connectivity index (χ4n) is 3.53. The molecule has 134 valence electrons. The van der Waals surface area contributed by atoms with Crippen LogP contribution in [0, 0.1) is 0 Å². The summed E-state index contributed by atoms with van der Waals surface area (Å²) in [5.74, 6) is 1.50. The van der Waals surface area contributed by atoms with Crippen LogP contribution in [-0.2, 0) is 4.74 Å². The van der Waals surface area contributed by atoms with Crippen molar-refractivity contribution in [3.8, 4) is 5.75 Å². The fraction of sp³-hybridized carbons (Fsp3) is 0.579. The predicted molar refractivity (Wildman–Crippen MR) is 95.9 cm³/mol. The number of aliphatic hydroxyl groups excluding tert-OH is 1. The minimum atomic E-state index is -0.152. The molecular weight excluding hydrogens is 318 g/mol. The van der Waals surface area contributed by atoms with Gasteiger partial charge in [0.15, 0.2) is 0 Å². The summed E-state index contributed by atoms with van der Waals surface area (Å²) < 4.78 is 11.5. The first-order valence-corrected chi connectivity index (χ1v) is 9.22. The van der Waals surface area contributed by atoms with Gasteiger partial charge in [-0.3, -0.25) is 0 Å². The molecule has 25 heavy (non-hydrogen) atoms. The average Bonchev–Trinajstić information content (AvgIpc) is 2.64. The van der Waals surface area contributed by atoms with Gasteiger partial charge in [-0.25, -0.2) is 9.97 Å². The third-order valence-electron chi connectivity index (χ3n) is 5.06. The number of ether oxygens (including phenoxy) is 2. The van der Waals surface area contributed by atoms with Crippen LogP contribution in [0.5, 0.6) is 5.75 Å². The van der Waals surface area contributed by atoms with E-state index >= 15 is 0 Å². The lowest BCUT2D eigenvalue weighted by Gasteiger charge is -2.26. The molecular formula is C19H25N3O3. The van der Waals surface area contributed by atoms with Crippen LogP contribution in [0.15, 0.2) is 24.4 Å². The van der Waals surface area contributed by atoms with Crippen molar-refractivity contribution < 1.29 is 14.6 Å². The zero-order valence-corrected chi connectivity index (χ0v) is 14.4. The molecule has 2 heterocycles. The van der Waals surface area contributed by atoms with Gasteiger partial charge < -0.3 is 19.9 Å². The summed E-state index contributed by atoms with van der Waals surface area (Å²) in [5, 5.41) is 14.0. The Morgan fingerprint density at radius 3 is 2.68 bits per heavy atom. The SMILES string of the molecule is O[C@H]1CC[C@H](Nc2ncc3ccc(OC4CCOCC4)cc3n2)CC1. The van der Waals surface area contributed by atoms with Crippen molar-refractivity contribution in [2.45, 2.75) is 56.8 Å². The quantitative estimate of drug-likeness (QED) is 0.889. The molecule has 4 rings (SSSR count). The third-order valence-corrected chi connectivity index (χ3v) is 5.06. The molecule has 2 N–H and O–H groups in total. The molecule has 0 amide bonds. The molecule has 2 aromatic rings. The molecule has 1 aliphatic carbocycles. The molecule has 1 aromatic heterocycles. The average molecular weight is 343 g/mol. The second-order valence-electron chi connectivity index (χ2n) is 6.99. The van der Waals surface area contributed by atoms with Gasteiger partial charge in [-0.05, 0) is 37.8 Å². The van der Waals surface area contributed by atoms with Crippen molar-refractivity contribution in [2.75, 3.05) is 18.5 Å². The minimum Gasteiger partial charge on any atom is -0.490 e. The number of hydrogen-bond donors (Lipinski definition) is 2. The van der Waals surface area contributed by atoms with Crippen molar-refractivity contribution in [3.63, 3.8) is 0 Å². The third kappa shape index (κ3) is 4.19. The Balaban J connectivity index is 1.46. The van der Waals surface area contributed by atoms with Crippen LogP contribution in [0.2, 0.25) is 0 Å². The molecule has 0 bridgehead atoms. The Labute approximate surface area is 147 Å². The Morgan fingerprint density at radius 2 is 1.88 bits per heavy atom. The fourth-order valence-corrected chi connectivity index (χ4v) is 3.53. The first-order valence-electron chi connectivity index (χ1n) is 9.22. The van der Waals surface area contributed by atoms with Gasteiger partial charge in [0.05, 0.1) is 24.8 Å². The topological polar surface area (TPSA) is 76.5 Å². The number of benzene rings is 1. The number of fused-ring (bicyclic) bond motifs is 1. The number of anilines is 1. The maximum absolute atomic E-state index is 9.62. The van der Waals surface area contributed by atoms with E-state index in [2.05, 4.69) is 15.3 Å². The highest BCUT2D eigenvalue weighted by atomic mass is 16.5. The molecule has 2 fully saturated rings. The highest BCUT2D eigenvalue weighted by molar-refractivity contribution is 5.80. The summed E-state index contributed by atoms with van der Waals surface area (Å²) in [6, 6.07) is 6.31. The number of hydrogen-bond acceptors (Lipinski definition) is 6. The number of aromatic nitrogens is 2. The first kappa shape index (κ1) is 16.5. The maximum atomic E-state index is 9.62. The molecule has 6 nitrogen and oxygen atoms in total. The van der Waals surface area contributed by atoms with Gasteiger partial charge in [-0.2, -0.15) is 0 Å². The van der Waals surface area contributed by atoms with E-state index in [9.17, 15) is 5.11 Å². The van der Waals surface area contributed by atoms with E-state index < -0.39 is 0 Å². The van der Waals surface area contributed by atoms with E-state index in [-0.39, 0.29) is 12.2 Å². The van der Waals surface area contributed by atoms with Gasteiger partial charge in [0, 0.05) is 36.5 Å². The summed E-state index contributed by atoms with van der Waals surface area (Å²) in [4.78, 5) is 9.08. The van der Waals surface area contributed by atoms with Crippen molar-refractivity contribution >= 4 is 16.9 Å². The van der Waals surface area contributed by atoms with Gasteiger partial charge in [0.1, 0.15) is 11.9 Å². The lowest BCUT2D eigenvalue weighted by atomic mass is 9.93. The van der Waals surface area contributed by atoms with Gasteiger partial charge in [0.2, 0.25) is 5.95 Å². The standard InChI is InChI=1S/C19H25N3O3/c23-15-4-2-14(3-5-15)21-19-20-12-13-1-6-17(11-18(13)22-19)25-16-7-9-24-10-8-16/h1,6,11-12,14-16,23H,2-5,7-10H2,(H,20,21,22)/t14-,15-. The summed E-state index contributed by atoms with van der Waals surface area (Å²) in [5.41, 5.74) is 0.887. The Hall–Kier alpha value is -1.92. The molecule has 0 radical (unpaired) electrons. The summed E-state index contributed by atoms with van der Waals surface area (Å²) >= 11 is 0. The van der Waals surface area contributed by atoms with Gasteiger partial charge >= 0.3 is 0 Å². The monoisotopic (exact) mass is 343 g/mol. The van der Waals surface area contributed by atoms with Crippen LogP contribution in [0.4, 0.5) is 5.95 Å². The van der Waals surface area contributed by atoms with Crippen LogP contribution in [0.25, 0.3) is 10.9 Å². The second kappa shape index (κ2) is 7.54. The molecule has 1 saturated heterocycles. The van der Waals surface area contributed by atoms with Crippen molar-refractivity contribution in [2.24, 2.45) is 0 Å². The highest BCUT2D eigenvalue weighted by Crippen LogP contribution is 2.25. The second-order valence-corrected chi connectivity index (χ2v) is 6.99. The molecule has 2 aliphatic rings. The zero-order valence-electron chi connectivity index (χ0n) is 14.4. The normalized spacial score (nSPS) is 25.0. The lowest BCUT2D eigenvalue weighted by molar-refractivity contribution is 0.0256. The number of nitrogens with one attached hydrogen (secondary N) is 1. The molecule has 0 atom stereocenters. The van der Waals surface area contributed by atoms with Crippen molar-refractivity contribution in [1.29, 1.82) is 0 Å². The first-order chi connectivity index (χ1) is 12.3. The number of nitrogens with zero attached hydrogens (tertiary/aromatic N) is 2. The van der Waals surface area contributed by atoms with E-state index in [1.54, 1.807) is 0 Å². The van der Waals surface area contributed by atoms with E-state index in [1.807, 2.05) is 24.4 Å². The highest BCUT2D eigenvalue weighted by Gasteiger charge is 2.20. The molecule has 0 unspecified atom stereocenters. The van der Waals surface area contributed by atoms with Crippen molar-refractivity contribution in [3.05, 3.63) is 24.4 Å². The Bertz CT molecular complexity index is 710. The number of aliphatic hydroxyl groups is 1. The van der Waals surface area contributed by atoms with E-state index in [0.29, 0.717) is 12.0 Å². The zero-order chi connectivity index (χ0) is 17.1. The number of rotatable bonds is 4. The van der Waals surface area contributed by atoms with Crippen LogP contribution < -0.4 is 10.1 Å². The van der Waals surface area contributed by atoms with Gasteiger partial charge in [-0.15, -0.1) is 0 Å². The Kier molecular flexibility index (Phi) is 4.99. The maximum Gasteiger partial charge on any atom is 0.223 e. The summed E-state index contributed by atoms with van der Waals surface area (Å²) in [6.07, 6.45) is 7.37. The van der Waals surface area contributed by atoms with Gasteiger partial charge in [-0.1, -0.05) is 0 Å². The van der Waals surface area contributed by atoms with E-state index in [4.69, 9.17) is 9.47 Å². The minimum absolute atomic E-state index is 0.152. The summed E-state index contributed by atoms with van der Waals surface area (Å²) in [7, 11) is 0. The van der Waals surface area contributed by atoms with Crippen LogP contribution >= 0.6 is 0 Å². The molecule has 6 heteroatoms. The smallest absolute Gasteiger partial charge is 0.223 e. The molecule has 1 aromatic carbocycles. The summed E-state index contributed by atoms with van der Waals surface area (Å²) in [6.45, 7) is 1.54. The largest absolute Gasteiger partial charge is 0.490 e. The van der Waals surface area contributed by atoms with Crippen LogP contribution in [0.3, 0.4) is 0 Å². The Morgan fingerprint density at radius 1 is 1.08 bits per heavy atom. The van der Waals surface area contributed by atoms with Gasteiger partial charge in [0.25, 0.3) is 0 Å². The lowest BCUT2D eigenvalue weighted by Crippen LogP contribution is -2.28. The van der Waals surface area contributed by atoms with Crippen LogP contribution in [0.1, 0.15) is 38.5 Å². The molecule has 1 saturated carbocycles. The predicted octanol–water partition coefficient (Wildman–Crippen LogP) is 2.90. The van der Waals surface area contributed by atoms with E-state index in [0.717, 1.165) is 68.4 Å². The molecule has 0 spiro atoms. The molecule has 1 aliphatic heterocycles. The van der Waals surface area contributed by atoms with E-state index in [1.165, 1.54) is 0 Å². The van der Waals surface area contributed by atoms with Crippen molar-refractivity contribution in [1.82, 2.24) is 9.97 Å². The van der Waals surface area contributed by atoms with Crippen LogP contribution in [-0.4, -0.2) is 46.5 Å².